The number of nitrogens with zero attached hydrogens (tertiary/aromatic N) is 5. The van der Waals surface area contributed by atoms with Gasteiger partial charge in [-0.25, -0.2) is 0 Å². The van der Waals surface area contributed by atoms with Crippen LogP contribution in [0.3, 0.4) is 0 Å². The van der Waals surface area contributed by atoms with Gasteiger partial charge < -0.3 is 25.8 Å². The van der Waals surface area contributed by atoms with Crippen molar-refractivity contribution in [3.63, 3.8) is 0 Å². The van der Waals surface area contributed by atoms with Gasteiger partial charge in [-0.3, -0.25) is 0 Å². The molecule has 1 aromatic heterocycles. The van der Waals surface area contributed by atoms with Crippen molar-refractivity contribution < 1.29 is 17.7 Å². The van der Waals surface area contributed by atoms with Crippen LogP contribution < -0.4 is 4.57 Å². The average molecular weight is 650 g/mol. The minimum absolute atomic E-state index is 0.00694. The third-order valence-corrected chi connectivity index (χ3v) is 10.3. The number of hydrogen-bond donors (Lipinski definition) is 0. The zero-order valence-corrected chi connectivity index (χ0v) is 27.4. The molecule has 2 heterocycles. The van der Waals surface area contributed by atoms with E-state index in [1.807, 2.05) is 0 Å². The zero-order chi connectivity index (χ0) is 28.9. The molecule has 6 atom stereocenters. The van der Waals surface area contributed by atoms with Crippen LogP contribution in [0.1, 0.15) is 112 Å². The molecule has 0 radical (unpaired) electrons. The molecule has 2 bridgehead atoms. The monoisotopic (exact) mass is 648 g/mol. The molecule has 5 nitrogen and oxygen atoms in total. The van der Waals surface area contributed by atoms with Crippen molar-refractivity contribution >= 4 is 20.2 Å². The topological polar surface area (TPSA) is 60.3 Å². The van der Waals surface area contributed by atoms with E-state index in [1.54, 1.807) is 0 Å². The first-order chi connectivity index (χ1) is 20.7. The van der Waals surface area contributed by atoms with E-state index >= 15 is 0 Å². The Hall–Kier alpha value is -0.821. The maximum absolute atomic E-state index is 5.66. The zero-order valence-electron chi connectivity index (χ0n) is 24.7. The summed E-state index contributed by atoms with van der Waals surface area (Å²) in [5.41, 5.74) is 8.62. The summed E-state index contributed by atoms with van der Waals surface area (Å²) in [4.78, 5) is 0. The normalized spacial score (nSPS) is 31.3. The fourth-order valence-corrected chi connectivity index (χ4v) is 8.49. The Labute approximate surface area is 268 Å². The number of rotatable bonds is 1. The number of benzene rings is 1. The summed E-state index contributed by atoms with van der Waals surface area (Å²) in [5.74, 6) is 0. The van der Waals surface area contributed by atoms with Crippen molar-refractivity contribution in [2.45, 2.75) is 126 Å². The molecule has 8 heteroatoms. The van der Waals surface area contributed by atoms with Gasteiger partial charge in [-0.2, -0.15) is 37.3 Å². The number of hydrogen-bond acceptors (Lipinski definition) is 0. The van der Waals surface area contributed by atoms with Gasteiger partial charge in [0.05, 0.1) is 11.4 Å². The van der Waals surface area contributed by atoms with E-state index in [1.165, 1.54) is 97.8 Å². The van der Waals surface area contributed by atoms with Crippen molar-refractivity contribution in [2.75, 3.05) is 13.1 Å². The molecule has 5 aliphatic rings. The molecule has 1 aliphatic heterocycles. The van der Waals surface area contributed by atoms with Gasteiger partial charge in [0, 0.05) is 7.05 Å². The van der Waals surface area contributed by atoms with Crippen molar-refractivity contribution in [3.05, 3.63) is 81.2 Å². The molecule has 6 unspecified atom stereocenters. The van der Waals surface area contributed by atoms with Crippen LogP contribution in [-0.4, -0.2) is 37.3 Å². The van der Waals surface area contributed by atoms with Crippen molar-refractivity contribution in [1.29, 1.82) is 0 Å². The second-order valence-corrected chi connectivity index (χ2v) is 14.7. The summed E-state index contributed by atoms with van der Waals surface area (Å²) >= 11 is 0.00694. The number of pyridine rings is 1. The van der Waals surface area contributed by atoms with Gasteiger partial charge >= 0.3 is 33.3 Å². The molecule has 2 aromatic rings. The van der Waals surface area contributed by atoms with E-state index < -0.39 is 0 Å². The van der Waals surface area contributed by atoms with Gasteiger partial charge in [-0.15, -0.1) is 0 Å². The summed E-state index contributed by atoms with van der Waals surface area (Å²) in [6, 6.07) is 13.0. The third-order valence-electron chi connectivity index (χ3n) is 10.3. The number of halogens is 2. The van der Waals surface area contributed by atoms with Crippen LogP contribution in [0.15, 0.2) is 30.3 Å². The predicted octanol–water partition coefficient (Wildman–Crippen LogP) is 9.54. The van der Waals surface area contributed by atoms with Crippen LogP contribution >= 0.6 is 20.2 Å². The Morgan fingerprint density at radius 2 is 1.10 bits per heavy atom. The van der Waals surface area contributed by atoms with Gasteiger partial charge in [0.25, 0.3) is 0 Å². The van der Waals surface area contributed by atoms with Gasteiger partial charge in [-0.1, -0.05) is 119 Å². The molecular formula is C34H45Cl2MnN5-4. The molecule has 2 fully saturated rings. The first-order valence-electron chi connectivity index (χ1n) is 16.3. The van der Waals surface area contributed by atoms with E-state index in [9.17, 15) is 0 Å². The summed E-state index contributed by atoms with van der Waals surface area (Å²) in [6.07, 6.45) is 16.7. The Balaban J connectivity index is 0.00000101. The fraction of sp³-hybridized carbons (Fsp3) is 0.647. The summed E-state index contributed by atoms with van der Waals surface area (Å²) in [7, 11) is 14.4. The maximum atomic E-state index is 5.66. The molecule has 1 aromatic carbocycles. The van der Waals surface area contributed by atoms with E-state index in [0.29, 0.717) is 24.2 Å². The van der Waals surface area contributed by atoms with Crippen LogP contribution in [0.5, 0.6) is 0 Å². The number of fused-ring (bicyclic) bond motifs is 2. The fourth-order valence-electron chi connectivity index (χ4n) is 8.49. The van der Waals surface area contributed by atoms with Crippen LogP contribution in [0.2, 0.25) is 0 Å². The van der Waals surface area contributed by atoms with Gasteiger partial charge in [-0.05, 0) is 35.1 Å². The van der Waals surface area contributed by atoms with Gasteiger partial charge in [0.2, 0.25) is 0 Å². The molecule has 2 saturated carbocycles. The Morgan fingerprint density at radius 3 is 1.57 bits per heavy atom. The summed E-state index contributed by atoms with van der Waals surface area (Å²) in [6.45, 7) is 1.70. The summed E-state index contributed by atoms with van der Waals surface area (Å²) < 4.78 is 2.36. The Kier molecular flexibility index (Phi) is 11.1. The molecule has 0 spiro atoms. The summed E-state index contributed by atoms with van der Waals surface area (Å²) in [5, 5.41) is 21.8. The molecule has 0 N–H and O–H groups in total. The SMILES string of the molecule is [CH2-][n+]1c2c3c(-c4ccccc4)c4c1C(CCC4)[N-]C1CCCCC1[N-]CC[N-]C1CCCCC1[N-]C2CCC3.[Cl][Mn][Cl]. The number of aromatic nitrogens is 1. The van der Waals surface area contributed by atoms with E-state index in [-0.39, 0.29) is 25.2 Å². The van der Waals surface area contributed by atoms with E-state index in [2.05, 4.69) is 34.9 Å². The standard InChI is InChI=1S/C34H45N5.2ClH.Mn/c1-39-33-24-13-9-19-30(33)37-28-17-7-5-15-26(28)35-21-22-36-27-16-6-8-18-29(27)38-31-20-10-14-25(34(31)39)32(24)23-11-3-2-4-12-23;;;/h2-4,11-12,26-31H,1,5-10,13-22H2;2*1H;/q-4;;;+2/p-2. The molecule has 0 saturated heterocycles. The second kappa shape index (κ2) is 15.0. The predicted molar refractivity (Wildman–Crippen MR) is 171 cm³/mol. The quantitative estimate of drug-likeness (QED) is 0.168. The molecule has 4 aliphatic carbocycles. The Bertz CT molecular complexity index is 1110. The third kappa shape index (κ3) is 6.72. The van der Waals surface area contributed by atoms with Crippen LogP contribution in [0.25, 0.3) is 32.4 Å². The van der Waals surface area contributed by atoms with Crippen molar-refractivity contribution in [2.24, 2.45) is 0 Å². The first kappa shape index (κ1) is 31.2. The van der Waals surface area contributed by atoms with Crippen LogP contribution in [0.4, 0.5) is 0 Å². The van der Waals surface area contributed by atoms with Gasteiger partial charge in [0.15, 0.2) is 0 Å². The van der Waals surface area contributed by atoms with Gasteiger partial charge in [0.1, 0.15) is 0 Å². The molecular weight excluding hydrogens is 604 g/mol. The van der Waals surface area contributed by atoms with Crippen LogP contribution in [0, 0.1) is 7.05 Å². The molecule has 231 valence electrons. The Morgan fingerprint density at radius 1 is 0.643 bits per heavy atom. The average Bonchev–Trinajstić information content (AvgIpc) is 3.02. The molecule has 0 amide bonds. The van der Waals surface area contributed by atoms with Crippen LogP contribution in [-0.2, 0) is 26.0 Å². The van der Waals surface area contributed by atoms with E-state index in [4.69, 9.17) is 48.5 Å². The first-order valence-corrected chi connectivity index (χ1v) is 19.5. The molecule has 7 rings (SSSR count). The minimum atomic E-state index is 0.00694. The van der Waals surface area contributed by atoms with Crippen molar-refractivity contribution in [3.8, 4) is 11.1 Å². The van der Waals surface area contributed by atoms with Crippen molar-refractivity contribution in [1.82, 2.24) is 0 Å². The molecule has 42 heavy (non-hydrogen) atoms. The second-order valence-electron chi connectivity index (χ2n) is 12.7. The van der Waals surface area contributed by atoms with E-state index in [0.717, 1.165) is 38.8 Å².